The van der Waals surface area contributed by atoms with Gasteiger partial charge in [0.25, 0.3) is 5.69 Å². The quantitative estimate of drug-likeness (QED) is 0.422. The molecule has 0 aromatic heterocycles. The lowest BCUT2D eigenvalue weighted by Gasteiger charge is -2.20. The van der Waals surface area contributed by atoms with Crippen LogP contribution in [0.4, 0.5) is 11.4 Å². The summed E-state index contributed by atoms with van der Waals surface area (Å²) >= 11 is 0. The minimum absolute atomic E-state index is 0.108. The third kappa shape index (κ3) is 4.85. The first-order chi connectivity index (χ1) is 9.43. The number of rotatable bonds is 8. The summed E-state index contributed by atoms with van der Waals surface area (Å²) < 4.78 is 0. The normalized spacial score (nSPS) is 10.7. The van der Waals surface area contributed by atoms with Gasteiger partial charge in [0.1, 0.15) is 5.69 Å². The summed E-state index contributed by atoms with van der Waals surface area (Å²) in [7, 11) is 0. The second kappa shape index (κ2) is 7.44. The Balaban J connectivity index is 2.79. The first kappa shape index (κ1) is 15.9. The van der Waals surface area contributed by atoms with Crippen LogP contribution in [-0.2, 0) is 11.3 Å². The van der Waals surface area contributed by atoms with E-state index in [0.717, 1.165) is 24.9 Å². The number of hydrogen-bond acceptors (Lipinski definition) is 5. The van der Waals surface area contributed by atoms with E-state index in [4.69, 9.17) is 11.5 Å². The maximum Gasteiger partial charge on any atom is 0.292 e. The zero-order valence-corrected chi connectivity index (χ0v) is 11.5. The number of carbonyl (C=O) groups is 1. The highest BCUT2D eigenvalue weighted by molar-refractivity contribution is 5.75. The van der Waals surface area contributed by atoms with Crippen molar-refractivity contribution >= 4 is 17.3 Å². The van der Waals surface area contributed by atoms with Gasteiger partial charge >= 0.3 is 0 Å². The molecule has 0 bridgehead atoms. The van der Waals surface area contributed by atoms with Gasteiger partial charge in [0.2, 0.25) is 5.91 Å². The number of unbranched alkanes of at least 4 members (excludes halogenated alkanes) is 1. The second-order valence-corrected chi connectivity index (χ2v) is 4.68. The molecule has 0 saturated heterocycles. The fourth-order valence-electron chi connectivity index (χ4n) is 1.94. The SMILES string of the molecule is CCCCN(CC(N)=O)Cc1ccc([N+](=O)[O-])c(N)c1. The summed E-state index contributed by atoms with van der Waals surface area (Å²) in [5, 5.41) is 10.7. The summed E-state index contributed by atoms with van der Waals surface area (Å²) in [5.41, 5.74) is 11.7. The fourth-order valence-corrected chi connectivity index (χ4v) is 1.94. The molecule has 0 fully saturated rings. The molecule has 0 unspecified atom stereocenters. The molecule has 0 saturated carbocycles. The highest BCUT2D eigenvalue weighted by Crippen LogP contribution is 2.22. The number of nitrogens with zero attached hydrogens (tertiary/aromatic N) is 2. The summed E-state index contributed by atoms with van der Waals surface area (Å²) in [6.07, 6.45) is 1.97. The largest absolute Gasteiger partial charge is 0.393 e. The first-order valence-electron chi connectivity index (χ1n) is 6.47. The Kier molecular flexibility index (Phi) is 5.92. The van der Waals surface area contributed by atoms with E-state index in [1.807, 2.05) is 4.90 Å². The Morgan fingerprint density at radius 3 is 2.65 bits per heavy atom. The molecule has 7 heteroatoms. The monoisotopic (exact) mass is 280 g/mol. The van der Waals surface area contributed by atoms with Gasteiger partial charge in [0.15, 0.2) is 0 Å². The fraction of sp³-hybridized carbons (Fsp3) is 0.462. The lowest BCUT2D eigenvalue weighted by Crippen LogP contribution is -2.34. The molecule has 1 amide bonds. The molecule has 1 rings (SSSR count). The number of nitro benzene ring substituents is 1. The topological polar surface area (TPSA) is 115 Å². The number of anilines is 1. The molecular weight excluding hydrogens is 260 g/mol. The smallest absolute Gasteiger partial charge is 0.292 e. The van der Waals surface area contributed by atoms with E-state index in [1.165, 1.54) is 6.07 Å². The number of nitrogens with two attached hydrogens (primary N) is 2. The van der Waals surface area contributed by atoms with E-state index >= 15 is 0 Å². The third-order valence-electron chi connectivity index (χ3n) is 2.90. The molecule has 0 aliphatic heterocycles. The summed E-state index contributed by atoms with van der Waals surface area (Å²) in [6.45, 7) is 3.46. The van der Waals surface area contributed by atoms with Crippen molar-refractivity contribution in [2.45, 2.75) is 26.3 Å². The van der Waals surface area contributed by atoms with Crippen molar-refractivity contribution < 1.29 is 9.72 Å². The Morgan fingerprint density at radius 2 is 2.15 bits per heavy atom. The number of nitrogen functional groups attached to an aromatic ring is 1. The minimum atomic E-state index is -0.516. The van der Waals surface area contributed by atoms with Crippen LogP contribution in [0.15, 0.2) is 18.2 Å². The van der Waals surface area contributed by atoms with Crippen LogP contribution in [0.25, 0.3) is 0 Å². The van der Waals surface area contributed by atoms with Crippen LogP contribution in [-0.4, -0.2) is 28.8 Å². The highest BCUT2D eigenvalue weighted by Gasteiger charge is 2.13. The molecule has 20 heavy (non-hydrogen) atoms. The van der Waals surface area contributed by atoms with Gasteiger partial charge in [-0.3, -0.25) is 19.8 Å². The van der Waals surface area contributed by atoms with E-state index in [2.05, 4.69) is 6.92 Å². The maximum absolute atomic E-state index is 11.0. The summed E-state index contributed by atoms with van der Waals surface area (Å²) in [6, 6.07) is 4.60. The predicted molar refractivity (Wildman–Crippen MR) is 76.9 cm³/mol. The van der Waals surface area contributed by atoms with Crippen LogP contribution in [0.1, 0.15) is 25.3 Å². The van der Waals surface area contributed by atoms with Crippen molar-refractivity contribution in [3.63, 3.8) is 0 Å². The molecule has 0 radical (unpaired) electrons. The summed E-state index contributed by atoms with van der Waals surface area (Å²) in [4.78, 5) is 23.1. The highest BCUT2D eigenvalue weighted by atomic mass is 16.6. The van der Waals surface area contributed by atoms with Crippen molar-refractivity contribution in [2.75, 3.05) is 18.8 Å². The Labute approximate surface area is 117 Å². The van der Waals surface area contributed by atoms with Gasteiger partial charge in [-0.05, 0) is 24.6 Å². The first-order valence-corrected chi connectivity index (χ1v) is 6.47. The van der Waals surface area contributed by atoms with Crippen LogP contribution >= 0.6 is 0 Å². The van der Waals surface area contributed by atoms with Crippen molar-refractivity contribution in [1.29, 1.82) is 0 Å². The molecule has 0 atom stereocenters. The molecule has 1 aromatic rings. The van der Waals surface area contributed by atoms with Crippen LogP contribution in [0.2, 0.25) is 0 Å². The molecule has 7 nitrogen and oxygen atoms in total. The average molecular weight is 280 g/mol. The molecule has 1 aromatic carbocycles. The lowest BCUT2D eigenvalue weighted by atomic mass is 10.1. The van der Waals surface area contributed by atoms with Crippen molar-refractivity contribution in [2.24, 2.45) is 5.73 Å². The number of primary amides is 1. The summed E-state index contributed by atoms with van der Waals surface area (Å²) in [5.74, 6) is -0.393. The van der Waals surface area contributed by atoms with Gasteiger partial charge in [-0.1, -0.05) is 19.4 Å². The second-order valence-electron chi connectivity index (χ2n) is 4.68. The Morgan fingerprint density at radius 1 is 1.45 bits per heavy atom. The van der Waals surface area contributed by atoms with Crippen LogP contribution in [0.5, 0.6) is 0 Å². The number of carbonyl (C=O) groups excluding carboxylic acids is 1. The molecule has 110 valence electrons. The van der Waals surface area contributed by atoms with Gasteiger partial charge < -0.3 is 11.5 Å². The van der Waals surface area contributed by atoms with Gasteiger partial charge in [-0.15, -0.1) is 0 Å². The van der Waals surface area contributed by atoms with Crippen molar-refractivity contribution in [3.05, 3.63) is 33.9 Å². The van der Waals surface area contributed by atoms with Gasteiger partial charge in [0, 0.05) is 12.6 Å². The Hall–Kier alpha value is -2.15. The average Bonchev–Trinajstić information content (AvgIpc) is 2.35. The molecule has 0 spiro atoms. The zero-order valence-electron chi connectivity index (χ0n) is 11.5. The van der Waals surface area contributed by atoms with Crippen LogP contribution < -0.4 is 11.5 Å². The molecule has 0 heterocycles. The molecule has 0 aliphatic carbocycles. The van der Waals surface area contributed by atoms with E-state index < -0.39 is 10.8 Å². The maximum atomic E-state index is 11.0. The van der Waals surface area contributed by atoms with E-state index in [0.29, 0.717) is 6.54 Å². The van der Waals surface area contributed by atoms with Gasteiger partial charge in [-0.25, -0.2) is 0 Å². The molecule has 4 N–H and O–H groups in total. The number of nitro groups is 1. The van der Waals surface area contributed by atoms with E-state index in [9.17, 15) is 14.9 Å². The minimum Gasteiger partial charge on any atom is -0.393 e. The van der Waals surface area contributed by atoms with Crippen molar-refractivity contribution in [3.8, 4) is 0 Å². The standard InChI is InChI=1S/C13H20N4O3/c1-2-3-6-16(9-13(15)18)8-10-4-5-12(17(19)20)11(14)7-10/h4-5,7H,2-3,6,8-9,14H2,1H3,(H2,15,18). The van der Waals surface area contributed by atoms with Gasteiger partial charge in [-0.2, -0.15) is 0 Å². The third-order valence-corrected chi connectivity index (χ3v) is 2.90. The molecule has 0 aliphatic rings. The van der Waals surface area contributed by atoms with Crippen LogP contribution in [0.3, 0.4) is 0 Å². The molecular formula is C13H20N4O3. The van der Waals surface area contributed by atoms with E-state index in [1.54, 1.807) is 12.1 Å². The lowest BCUT2D eigenvalue weighted by molar-refractivity contribution is -0.383. The zero-order chi connectivity index (χ0) is 15.1. The number of benzene rings is 1. The van der Waals surface area contributed by atoms with Crippen molar-refractivity contribution in [1.82, 2.24) is 4.90 Å². The van der Waals surface area contributed by atoms with Crippen LogP contribution in [0, 0.1) is 10.1 Å². The number of hydrogen-bond donors (Lipinski definition) is 2. The number of amides is 1. The predicted octanol–water partition coefficient (Wildman–Crippen LogP) is 1.26. The Bertz CT molecular complexity index is 491. The van der Waals surface area contributed by atoms with E-state index in [-0.39, 0.29) is 17.9 Å². The van der Waals surface area contributed by atoms with Gasteiger partial charge in [0.05, 0.1) is 11.5 Å².